The Morgan fingerprint density at radius 1 is 0.684 bits per heavy atom. The molecule has 1 heteroatoms. The fourth-order valence-electron chi connectivity index (χ4n) is 2.28. The quantitative estimate of drug-likeness (QED) is 0.619. The van der Waals surface area contributed by atoms with Gasteiger partial charge in [-0.25, -0.2) is 0 Å². The van der Waals surface area contributed by atoms with E-state index in [2.05, 4.69) is 66.1 Å². The third-order valence-electron chi connectivity index (χ3n) is 3.23. The predicted molar refractivity (Wildman–Crippen MR) is 82.7 cm³/mol. The molecule has 0 fully saturated rings. The van der Waals surface area contributed by atoms with Crippen LogP contribution in [0.15, 0.2) is 85.6 Å². The molecule has 0 spiro atoms. The molecule has 0 heterocycles. The number of anilines is 2. The van der Waals surface area contributed by atoms with E-state index in [-0.39, 0.29) is 0 Å². The number of hydrogen-bond acceptors (Lipinski definition) is 1. The number of fused-ring (bicyclic) bond motifs is 1. The Kier molecular flexibility index (Phi) is 3.03. The Morgan fingerprint density at radius 3 is 2.11 bits per heavy atom. The highest BCUT2D eigenvalue weighted by Crippen LogP contribution is 2.28. The van der Waals surface area contributed by atoms with Crippen LogP contribution in [0, 0.1) is 0 Å². The van der Waals surface area contributed by atoms with E-state index in [9.17, 15) is 0 Å². The molecule has 0 amide bonds. The van der Waals surface area contributed by atoms with Crippen LogP contribution in [0.3, 0.4) is 0 Å². The molecule has 0 saturated heterocycles. The van der Waals surface area contributed by atoms with Gasteiger partial charge in [0.1, 0.15) is 0 Å². The van der Waals surface area contributed by atoms with Crippen molar-refractivity contribution in [3.8, 4) is 0 Å². The van der Waals surface area contributed by atoms with Crippen LogP contribution in [0.1, 0.15) is 0 Å². The smallest absolute Gasteiger partial charge is 0.0461 e. The van der Waals surface area contributed by atoms with Gasteiger partial charge in [-0.15, -0.1) is 0 Å². The normalized spacial score (nSPS) is 10.3. The lowest BCUT2D eigenvalue weighted by Gasteiger charge is -2.20. The van der Waals surface area contributed by atoms with Gasteiger partial charge in [-0.2, -0.15) is 0 Å². The SMILES string of the molecule is C=CN(c1ccccc1)c1ccc2ccccc2c1. The summed E-state index contributed by atoms with van der Waals surface area (Å²) in [5.74, 6) is 0. The first-order valence-corrected chi connectivity index (χ1v) is 6.34. The lowest BCUT2D eigenvalue weighted by Crippen LogP contribution is -2.07. The molecule has 0 bridgehead atoms. The number of nitrogens with zero attached hydrogens (tertiary/aromatic N) is 1. The molecule has 0 saturated carbocycles. The van der Waals surface area contributed by atoms with Crippen LogP contribution < -0.4 is 4.90 Å². The third-order valence-corrected chi connectivity index (χ3v) is 3.23. The van der Waals surface area contributed by atoms with Crippen LogP contribution in [-0.4, -0.2) is 0 Å². The van der Waals surface area contributed by atoms with Gasteiger partial charge in [0.05, 0.1) is 0 Å². The molecular formula is C18H15N. The monoisotopic (exact) mass is 245 g/mol. The number of rotatable bonds is 3. The summed E-state index contributed by atoms with van der Waals surface area (Å²) in [6.07, 6.45) is 1.85. The highest BCUT2D eigenvalue weighted by Gasteiger charge is 2.05. The summed E-state index contributed by atoms with van der Waals surface area (Å²) in [5.41, 5.74) is 2.24. The Bertz CT molecular complexity index is 701. The summed E-state index contributed by atoms with van der Waals surface area (Å²) in [5, 5.41) is 2.49. The summed E-state index contributed by atoms with van der Waals surface area (Å²) in [6.45, 7) is 3.92. The molecule has 0 aromatic heterocycles. The Balaban J connectivity index is 2.09. The molecule has 92 valence electrons. The lowest BCUT2D eigenvalue weighted by molar-refractivity contribution is 1.30. The highest BCUT2D eigenvalue weighted by molar-refractivity contribution is 5.87. The van der Waals surface area contributed by atoms with Crippen LogP contribution >= 0.6 is 0 Å². The van der Waals surface area contributed by atoms with Gasteiger partial charge in [0.15, 0.2) is 0 Å². The van der Waals surface area contributed by atoms with Gasteiger partial charge in [0.25, 0.3) is 0 Å². The van der Waals surface area contributed by atoms with Crippen LogP contribution in [-0.2, 0) is 0 Å². The molecule has 0 aliphatic carbocycles. The molecule has 0 radical (unpaired) electrons. The summed E-state index contributed by atoms with van der Waals surface area (Å²) in [6, 6.07) is 25.1. The van der Waals surface area contributed by atoms with Crippen LogP contribution in [0.5, 0.6) is 0 Å². The number of hydrogen-bond donors (Lipinski definition) is 0. The predicted octanol–water partition coefficient (Wildman–Crippen LogP) is 5.12. The minimum atomic E-state index is 1.12. The van der Waals surface area contributed by atoms with Crippen molar-refractivity contribution >= 4 is 22.1 Å². The zero-order chi connectivity index (χ0) is 13.1. The van der Waals surface area contributed by atoms with Gasteiger partial charge in [-0.05, 0) is 35.0 Å². The van der Waals surface area contributed by atoms with E-state index in [0.717, 1.165) is 11.4 Å². The number of para-hydroxylation sites is 1. The van der Waals surface area contributed by atoms with E-state index in [1.807, 2.05) is 24.4 Å². The summed E-state index contributed by atoms with van der Waals surface area (Å²) >= 11 is 0. The van der Waals surface area contributed by atoms with Gasteiger partial charge in [-0.1, -0.05) is 55.1 Å². The fraction of sp³-hybridized carbons (Fsp3) is 0. The second-order valence-corrected chi connectivity index (χ2v) is 4.42. The van der Waals surface area contributed by atoms with E-state index >= 15 is 0 Å². The zero-order valence-corrected chi connectivity index (χ0v) is 10.7. The average Bonchev–Trinajstić information content (AvgIpc) is 2.49. The maximum atomic E-state index is 3.92. The first kappa shape index (κ1) is 11.5. The molecule has 0 N–H and O–H groups in total. The van der Waals surface area contributed by atoms with E-state index < -0.39 is 0 Å². The van der Waals surface area contributed by atoms with Crippen molar-refractivity contribution in [1.29, 1.82) is 0 Å². The molecule has 1 nitrogen and oxygen atoms in total. The van der Waals surface area contributed by atoms with Crippen molar-refractivity contribution in [1.82, 2.24) is 0 Å². The Morgan fingerprint density at radius 2 is 1.37 bits per heavy atom. The maximum absolute atomic E-state index is 3.92. The van der Waals surface area contributed by atoms with Gasteiger partial charge < -0.3 is 4.90 Å². The molecule has 19 heavy (non-hydrogen) atoms. The van der Waals surface area contributed by atoms with Crippen LogP contribution in [0.2, 0.25) is 0 Å². The van der Waals surface area contributed by atoms with Crippen molar-refractivity contribution < 1.29 is 0 Å². The Hall–Kier alpha value is -2.54. The first-order valence-electron chi connectivity index (χ1n) is 6.34. The molecule has 0 aliphatic rings. The zero-order valence-electron chi connectivity index (χ0n) is 10.7. The van der Waals surface area contributed by atoms with Gasteiger partial charge in [0, 0.05) is 17.6 Å². The van der Waals surface area contributed by atoms with E-state index in [4.69, 9.17) is 0 Å². The first-order chi connectivity index (χ1) is 9.38. The van der Waals surface area contributed by atoms with Crippen molar-refractivity contribution in [3.63, 3.8) is 0 Å². The molecule has 3 rings (SSSR count). The van der Waals surface area contributed by atoms with Crippen LogP contribution in [0.4, 0.5) is 11.4 Å². The molecular weight excluding hydrogens is 230 g/mol. The van der Waals surface area contributed by atoms with E-state index in [1.54, 1.807) is 0 Å². The van der Waals surface area contributed by atoms with E-state index in [1.165, 1.54) is 10.8 Å². The second kappa shape index (κ2) is 4.99. The van der Waals surface area contributed by atoms with Crippen molar-refractivity contribution in [2.45, 2.75) is 0 Å². The maximum Gasteiger partial charge on any atom is 0.0461 e. The minimum absolute atomic E-state index is 1.12. The van der Waals surface area contributed by atoms with Crippen molar-refractivity contribution in [3.05, 3.63) is 85.6 Å². The molecule has 3 aromatic rings. The highest BCUT2D eigenvalue weighted by atomic mass is 15.1. The van der Waals surface area contributed by atoms with Gasteiger partial charge in [-0.3, -0.25) is 0 Å². The molecule has 0 unspecified atom stereocenters. The molecule has 0 atom stereocenters. The Labute approximate surface area is 113 Å². The van der Waals surface area contributed by atoms with Gasteiger partial charge >= 0.3 is 0 Å². The minimum Gasteiger partial charge on any atom is -0.318 e. The summed E-state index contributed by atoms with van der Waals surface area (Å²) in [7, 11) is 0. The standard InChI is InChI=1S/C18H15N/c1-2-19(17-10-4-3-5-11-17)18-13-12-15-8-6-7-9-16(15)14-18/h2-14H,1H2. The summed E-state index contributed by atoms with van der Waals surface area (Å²) < 4.78 is 0. The average molecular weight is 245 g/mol. The largest absolute Gasteiger partial charge is 0.318 e. The van der Waals surface area contributed by atoms with Crippen LogP contribution in [0.25, 0.3) is 10.8 Å². The number of benzene rings is 3. The summed E-state index contributed by atoms with van der Waals surface area (Å²) in [4.78, 5) is 2.09. The fourth-order valence-corrected chi connectivity index (χ4v) is 2.28. The van der Waals surface area contributed by atoms with E-state index in [0.29, 0.717) is 0 Å². The molecule has 3 aromatic carbocycles. The second-order valence-electron chi connectivity index (χ2n) is 4.42. The topological polar surface area (TPSA) is 3.24 Å². The lowest BCUT2D eigenvalue weighted by atomic mass is 10.1. The third kappa shape index (κ3) is 2.23. The van der Waals surface area contributed by atoms with Crippen molar-refractivity contribution in [2.24, 2.45) is 0 Å². The van der Waals surface area contributed by atoms with Gasteiger partial charge in [0.2, 0.25) is 0 Å². The molecule has 0 aliphatic heterocycles. The van der Waals surface area contributed by atoms with Crippen molar-refractivity contribution in [2.75, 3.05) is 4.90 Å².